The number of allylic oxidation sites excluding steroid dienone is 3. The van der Waals surface area contributed by atoms with Gasteiger partial charge >= 0.3 is 0 Å². The molecule has 0 saturated carbocycles. The van der Waals surface area contributed by atoms with Crippen molar-refractivity contribution >= 4 is 5.71 Å². The van der Waals surface area contributed by atoms with Gasteiger partial charge in [-0.1, -0.05) is 12.2 Å². The van der Waals surface area contributed by atoms with Crippen LogP contribution in [0.15, 0.2) is 29.0 Å². The van der Waals surface area contributed by atoms with E-state index in [1.54, 1.807) is 0 Å². The predicted molar refractivity (Wildman–Crippen MR) is 53.2 cm³/mol. The molecule has 1 rings (SSSR count). The molecule has 0 bridgehead atoms. The van der Waals surface area contributed by atoms with Crippen molar-refractivity contribution in [3.63, 3.8) is 0 Å². The molecule has 0 aliphatic carbocycles. The van der Waals surface area contributed by atoms with Crippen LogP contribution < -0.4 is 5.32 Å². The van der Waals surface area contributed by atoms with E-state index in [0.717, 1.165) is 12.3 Å². The summed E-state index contributed by atoms with van der Waals surface area (Å²) in [6.45, 7) is 5.08. The molecule has 0 unspecified atom stereocenters. The van der Waals surface area contributed by atoms with Gasteiger partial charge in [0.1, 0.15) is 0 Å². The maximum absolute atomic E-state index is 4.27. The lowest BCUT2D eigenvalue weighted by atomic mass is 10.1. The summed E-state index contributed by atoms with van der Waals surface area (Å²) in [6.07, 6.45) is 8.39. The van der Waals surface area contributed by atoms with E-state index in [1.165, 1.54) is 18.5 Å². The van der Waals surface area contributed by atoms with E-state index in [9.17, 15) is 0 Å². The number of nitrogens with zero attached hydrogens (tertiary/aromatic N) is 1. The van der Waals surface area contributed by atoms with Crippen LogP contribution in [0.3, 0.4) is 0 Å². The fraction of sp³-hybridized carbons (Fsp3) is 0.500. The zero-order chi connectivity index (χ0) is 8.81. The highest BCUT2D eigenvalue weighted by molar-refractivity contribution is 5.98. The first-order valence-electron chi connectivity index (χ1n) is 4.44. The first-order valence-corrected chi connectivity index (χ1v) is 4.44. The molecule has 0 aromatic carbocycles. The van der Waals surface area contributed by atoms with Crippen molar-refractivity contribution in [3.8, 4) is 0 Å². The molecule has 2 nitrogen and oxygen atoms in total. The third-order valence-electron chi connectivity index (χ3n) is 1.85. The number of aliphatic imine (C=N–C) groups is 1. The Labute approximate surface area is 74.1 Å². The highest BCUT2D eigenvalue weighted by Crippen LogP contribution is 2.04. The largest absolute Gasteiger partial charge is 0.384 e. The molecule has 66 valence electrons. The number of nitrogens with one attached hydrogen (secondary N) is 1. The molecule has 0 fully saturated rings. The average Bonchev–Trinajstić information content (AvgIpc) is 2.15. The van der Waals surface area contributed by atoms with Crippen LogP contribution in [0.2, 0.25) is 0 Å². The zero-order valence-electron chi connectivity index (χ0n) is 7.80. The lowest BCUT2D eigenvalue weighted by molar-refractivity contribution is 0.710. The molecule has 0 saturated heterocycles. The lowest BCUT2D eigenvalue weighted by Gasteiger charge is -2.14. The summed E-state index contributed by atoms with van der Waals surface area (Å²) in [7, 11) is 0. The van der Waals surface area contributed by atoms with Crippen molar-refractivity contribution in [2.45, 2.75) is 26.7 Å². The van der Waals surface area contributed by atoms with Crippen LogP contribution in [-0.4, -0.2) is 12.3 Å². The van der Waals surface area contributed by atoms with Crippen LogP contribution in [0.5, 0.6) is 0 Å². The molecule has 0 spiro atoms. The van der Waals surface area contributed by atoms with Crippen molar-refractivity contribution in [1.82, 2.24) is 5.32 Å². The fourth-order valence-electron chi connectivity index (χ4n) is 1.18. The molecule has 0 aromatic heterocycles. The summed E-state index contributed by atoms with van der Waals surface area (Å²) in [6, 6.07) is 0. The van der Waals surface area contributed by atoms with Crippen molar-refractivity contribution in [2.75, 3.05) is 6.54 Å². The maximum Gasteiger partial charge on any atom is 0.0600 e. The molecular weight excluding hydrogens is 148 g/mol. The predicted octanol–water partition coefficient (Wildman–Crippen LogP) is 2.25. The Morgan fingerprint density at radius 1 is 1.67 bits per heavy atom. The van der Waals surface area contributed by atoms with E-state index < -0.39 is 0 Å². The van der Waals surface area contributed by atoms with Crippen LogP contribution in [0, 0.1) is 0 Å². The second kappa shape index (κ2) is 4.75. The summed E-state index contributed by atoms with van der Waals surface area (Å²) in [5.74, 6) is 0. The van der Waals surface area contributed by atoms with Gasteiger partial charge in [-0.05, 0) is 26.7 Å². The van der Waals surface area contributed by atoms with Gasteiger partial charge in [-0.15, -0.1) is 0 Å². The van der Waals surface area contributed by atoms with Crippen LogP contribution in [0.1, 0.15) is 26.7 Å². The van der Waals surface area contributed by atoms with Gasteiger partial charge in [0.05, 0.1) is 11.4 Å². The normalized spacial score (nSPS) is 19.2. The quantitative estimate of drug-likeness (QED) is 0.622. The Balaban J connectivity index is 2.61. The van der Waals surface area contributed by atoms with E-state index >= 15 is 0 Å². The monoisotopic (exact) mass is 164 g/mol. The van der Waals surface area contributed by atoms with Gasteiger partial charge in [-0.25, -0.2) is 0 Å². The topological polar surface area (TPSA) is 24.4 Å². The van der Waals surface area contributed by atoms with E-state index in [0.29, 0.717) is 0 Å². The van der Waals surface area contributed by atoms with Gasteiger partial charge in [0.25, 0.3) is 0 Å². The van der Waals surface area contributed by atoms with Crippen molar-refractivity contribution in [3.05, 3.63) is 24.0 Å². The lowest BCUT2D eigenvalue weighted by Crippen LogP contribution is -2.23. The molecule has 0 radical (unpaired) electrons. The van der Waals surface area contributed by atoms with E-state index in [-0.39, 0.29) is 0 Å². The molecule has 1 aliphatic heterocycles. The minimum Gasteiger partial charge on any atom is -0.384 e. The SMILES string of the molecule is C/C=C\N=C(C)C1=CCCCN1. The molecular formula is C10H16N2. The van der Waals surface area contributed by atoms with Crippen LogP contribution >= 0.6 is 0 Å². The summed E-state index contributed by atoms with van der Waals surface area (Å²) in [5.41, 5.74) is 2.27. The Kier molecular flexibility index (Phi) is 3.58. The number of rotatable bonds is 2. The van der Waals surface area contributed by atoms with E-state index in [1.807, 2.05) is 26.1 Å². The summed E-state index contributed by atoms with van der Waals surface area (Å²) in [4.78, 5) is 4.27. The van der Waals surface area contributed by atoms with Gasteiger partial charge < -0.3 is 5.32 Å². The fourth-order valence-corrected chi connectivity index (χ4v) is 1.18. The summed E-state index contributed by atoms with van der Waals surface area (Å²) in [5, 5.41) is 3.32. The molecule has 0 aromatic rings. The van der Waals surface area contributed by atoms with Gasteiger partial charge in [0.2, 0.25) is 0 Å². The molecule has 1 heterocycles. The Morgan fingerprint density at radius 2 is 2.50 bits per heavy atom. The minimum atomic E-state index is 1.08. The third-order valence-corrected chi connectivity index (χ3v) is 1.85. The van der Waals surface area contributed by atoms with E-state index in [2.05, 4.69) is 16.4 Å². The van der Waals surface area contributed by atoms with Crippen LogP contribution in [0.25, 0.3) is 0 Å². The molecule has 12 heavy (non-hydrogen) atoms. The number of hydrogen-bond donors (Lipinski definition) is 1. The smallest absolute Gasteiger partial charge is 0.0600 e. The molecule has 0 amide bonds. The molecule has 2 heteroatoms. The molecule has 1 N–H and O–H groups in total. The highest BCUT2D eigenvalue weighted by Gasteiger charge is 2.03. The van der Waals surface area contributed by atoms with E-state index in [4.69, 9.17) is 0 Å². The Bertz CT molecular complexity index is 224. The first kappa shape index (κ1) is 9.04. The summed E-state index contributed by atoms with van der Waals surface area (Å²) >= 11 is 0. The Morgan fingerprint density at radius 3 is 3.08 bits per heavy atom. The second-order valence-corrected chi connectivity index (χ2v) is 2.88. The van der Waals surface area contributed by atoms with Gasteiger partial charge in [0.15, 0.2) is 0 Å². The van der Waals surface area contributed by atoms with Gasteiger partial charge in [0, 0.05) is 12.7 Å². The van der Waals surface area contributed by atoms with Crippen LogP contribution in [0.4, 0.5) is 0 Å². The van der Waals surface area contributed by atoms with Gasteiger partial charge in [-0.3, -0.25) is 4.99 Å². The summed E-state index contributed by atoms with van der Waals surface area (Å²) < 4.78 is 0. The standard InChI is InChI=1S/C10H16N2/c1-3-7-11-9(2)10-6-4-5-8-12-10/h3,6-7,12H,4-5,8H2,1-2H3/b7-3-,11-9?. The minimum absolute atomic E-state index is 1.08. The van der Waals surface area contributed by atoms with Crippen LogP contribution in [-0.2, 0) is 0 Å². The second-order valence-electron chi connectivity index (χ2n) is 2.88. The van der Waals surface area contributed by atoms with Gasteiger partial charge in [-0.2, -0.15) is 0 Å². The Hall–Kier alpha value is -1.05. The third kappa shape index (κ3) is 2.53. The highest BCUT2D eigenvalue weighted by atomic mass is 14.9. The zero-order valence-corrected chi connectivity index (χ0v) is 7.80. The van der Waals surface area contributed by atoms with Crippen molar-refractivity contribution < 1.29 is 0 Å². The van der Waals surface area contributed by atoms with Crippen molar-refractivity contribution in [2.24, 2.45) is 4.99 Å². The van der Waals surface area contributed by atoms with Crippen molar-refractivity contribution in [1.29, 1.82) is 0 Å². The first-order chi connectivity index (χ1) is 5.84. The maximum atomic E-state index is 4.27. The number of hydrogen-bond acceptors (Lipinski definition) is 2. The molecule has 1 aliphatic rings. The average molecular weight is 164 g/mol. The molecule has 0 atom stereocenters.